The molecule has 1 heterocycles. The molecule has 0 saturated heterocycles. The molecule has 12 heteroatoms. The van der Waals surface area contributed by atoms with Crippen LogP contribution in [0.1, 0.15) is 30.1 Å². The molecule has 2 aromatic rings. The van der Waals surface area contributed by atoms with Gasteiger partial charge in [0.25, 0.3) is 5.69 Å². The number of carbonyl (C=O) groups is 1. The van der Waals surface area contributed by atoms with E-state index in [1.54, 1.807) is 0 Å². The van der Waals surface area contributed by atoms with Crippen LogP contribution in [0.3, 0.4) is 0 Å². The van der Waals surface area contributed by atoms with Crippen molar-refractivity contribution in [3.63, 3.8) is 0 Å². The number of rotatable bonds is 5. The van der Waals surface area contributed by atoms with Crippen molar-refractivity contribution in [1.29, 1.82) is 0 Å². The van der Waals surface area contributed by atoms with E-state index in [4.69, 9.17) is 0 Å². The summed E-state index contributed by atoms with van der Waals surface area (Å²) in [6.45, 7) is -0.539. The molecule has 0 aliphatic heterocycles. The first-order valence-electron chi connectivity index (χ1n) is 7.68. The van der Waals surface area contributed by atoms with Crippen LogP contribution < -0.4 is 5.32 Å². The number of aromatic nitrogens is 2. The molecule has 1 aromatic carbocycles. The highest BCUT2D eigenvalue weighted by Gasteiger charge is 2.42. The molecule has 1 aliphatic carbocycles. The summed E-state index contributed by atoms with van der Waals surface area (Å²) in [5.41, 5.74) is -1.41. The lowest BCUT2D eigenvalue weighted by molar-refractivity contribution is -0.384. The average Bonchev–Trinajstić information content (AvgIpc) is 3.32. The molecule has 1 aromatic heterocycles. The van der Waals surface area contributed by atoms with Crippen molar-refractivity contribution >= 4 is 33.2 Å². The lowest BCUT2D eigenvalue weighted by Crippen LogP contribution is -2.21. The summed E-state index contributed by atoms with van der Waals surface area (Å²) < 4.78 is 40.0. The minimum Gasteiger partial charge on any atom is -0.506 e. The molecule has 3 rings (SSSR count). The number of amides is 1. The monoisotopic (exact) mass is 448 g/mol. The minimum atomic E-state index is -4.68. The molecule has 27 heavy (non-hydrogen) atoms. The number of benzene rings is 1. The van der Waals surface area contributed by atoms with Crippen LogP contribution >= 0.6 is 15.9 Å². The Balaban J connectivity index is 1.85. The predicted molar refractivity (Wildman–Crippen MR) is 90.3 cm³/mol. The number of hydrogen-bond acceptors (Lipinski definition) is 5. The van der Waals surface area contributed by atoms with Crippen LogP contribution in [-0.4, -0.2) is 25.7 Å². The molecule has 0 radical (unpaired) electrons. The second-order valence-electron chi connectivity index (χ2n) is 5.98. The lowest BCUT2D eigenvalue weighted by Gasteiger charge is -2.09. The fourth-order valence-corrected chi connectivity index (χ4v) is 3.40. The largest absolute Gasteiger partial charge is 0.506 e. The second kappa shape index (κ2) is 6.83. The van der Waals surface area contributed by atoms with Gasteiger partial charge in [-0.1, -0.05) is 0 Å². The molecule has 1 saturated carbocycles. The van der Waals surface area contributed by atoms with Crippen LogP contribution in [0.15, 0.2) is 22.7 Å². The van der Waals surface area contributed by atoms with Gasteiger partial charge < -0.3 is 10.4 Å². The van der Waals surface area contributed by atoms with Gasteiger partial charge in [0.1, 0.15) is 12.3 Å². The van der Waals surface area contributed by atoms with Crippen molar-refractivity contribution in [2.24, 2.45) is 0 Å². The van der Waals surface area contributed by atoms with Gasteiger partial charge in [-0.05, 0) is 34.8 Å². The number of nitro groups is 1. The molecule has 1 amide bonds. The summed E-state index contributed by atoms with van der Waals surface area (Å²) in [5, 5.41) is 26.3. The zero-order valence-electron chi connectivity index (χ0n) is 13.5. The molecule has 0 atom stereocenters. The normalized spacial score (nSPS) is 14.2. The topological polar surface area (TPSA) is 110 Å². The summed E-state index contributed by atoms with van der Waals surface area (Å²) >= 11 is 2.92. The molecule has 0 spiro atoms. The molecule has 0 bridgehead atoms. The highest BCUT2D eigenvalue weighted by Crippen LogP contribution is 2.47. The number of carbonyl (C=O) groups excluding carboxylic acids is 1. The van der Waals surface area contributed by atoms with E-state index in [9.17, 15) is 33.2 Å². The van der Waals surface area contributed by atoms with Gasteiger partial charge in [0, 0.05) is 18.1 Å². The van der Waals surface area contributed by atoms with Gasteiger partial charge in [-0.15, -0.1) is 0 Å². The van der Waals surface area contributed by atoms with Crippen molar-refractivity contribution in [3.05, 3.63) is 44.2 Å². The maximum atomic E-state index is 13.1. The minimum absolute atomic E-state index is 0.123. The summed E-state index contributed by atoms with van der Waals surface area (Å²) in [4.78, 5) is 22.3. The van der Waals surface area contributed by atoms with E-state index in [1.807, 2.05) is 0 Å². The van der Waals surface area contributed by atoms with Crippen LogP contribution in [0.4, 0.5) is 24.5 Å². The molecular formula is C15H12BrF3N4O4. The van der Waals surface area contributed by atoms with Gasteiger partial charge in [0.05, 0.1) is 20.8 Å². The Kier molecular flexibility index (Phi) is 4.84. The Morgan fingerprint density at radius 1 is 1.44 bits per heavy atom. The molecule has 144 valence electrons. The number of nitro benzene ring substituents is 1. The Morgan fingerprint density at radius 2 is 2.11 bits per heavy atom. The third-order valence-electron chi connectivity index (χ3n) is 3.92. The van der Waals surface area contributed by atoms with Crippen LogP contribution in [0.2, 0.25) is 0 Å². The number of aromatic hydroxyl groups is 1. The lowest BCUT2D eigenvalue weighted by atomic mass is 10.2. The summed E-state index contributed by atoms with van der Waals surface area (Å²) in [6.07, 6.45) is -3.30. The number of phenols is 1. The van der Waals surface area contributed by atoms with Crippen molar-refractivity contribution in [1.82, 2.24) is 9.78 Å². The van der Waals surface area contributed by atoms with Crippen LogP contribution in [0, 0.1) is 10.1 Å². The first-order valence-corrected chi connectivity index (χ1v) is 8.48. The third-order valence-corrected chi connectivity index (χ3v) is 4.70. The first-order chi connectivity index (χ1) is 12.6. The maximum absolute atomic E-state index is 13.1. The third kappa shape index (κ3) is 4.04. The van der Waals surface area contributed by atoms with Gasteiger partial charge in [-0.3, -0.25) is 19.6 Å². The van der Waals surface area contributed by atoms with E-state index in [1.165, 1.54) is 0 Å². The van der Waals surface area contributed by atoms with E-state index in [0.717, 1.165) is 22.9 Å². The van der Waals surface area contributed by atoms with Crippen molar-refractivity contribution in [3.8, 4) is 5.75 Å². The Hall–Kier alpha value is -2.63. The number of halogens is 4. The molecule has 0 unspecified atom stereocenters. The smallest absolute Gasteiger partial charge is 0.436 e. The van der Waals surface area contributed by atoms with E-state index in [2.05, 4.69) is 26.3 Å². The van der Waals surface area contributed by atoms with E-state index in [-0.39, 0.29) is 27.5 Å². The molecular weight excluding hydrogens is 437 g/mol. The SMILES string of the molecule is O=C(Cn1nc(C(F)(F)F)c(Br)c1C1CC1)Nc1cc([N+](=O)[O-])ccc1O. The van der Waals surface area contributed by atoms with Crippen molar-refractivity contribution in [2.45, 2.75) is 31.5 Å². The van der Waals surface area contributed by atoms with Crippen LogP contribution in [0.5, 0.6) is 5.75 Å². The number of non-ortho nitro benzene ring substituents is 1. The quantitative estimate of drug-likeness (QED) is 0.410. The van der Waals surface area contributed by atoms with E-state index < -0.39 is 35.0 Å². The Morgan fingerprint density at radius 3 is 2.67 bits per heavy atom. The number of alkyl halides is 3. The summed E-state index contributed by atoms with van der Waals surface area (Å²) in [7, 11) is 0. The van der Waals surface area contributed by atoms with Crippen LogP contribution in [0.25, 0.3) is 0 Å². The fraction of sp³-hybridized carbons (Fsp3) is 0.333. The van der Waals surface area contributed by atoms with Gasteiger partial charge in [0.15, 0.2) is 5.69 Å². The predicted octanol–water partition coefficient (Wildman–Crippen LogP) is 3.79. The number of phenolic OH excluding ortho intramolecular Hbond substituents is 1. The Bertz CT molecular complexity index is 925. The molecule has 1 aliphatic rings. The number of nitrogens with one attached hydrogen (secondary N) is 1. The zero-order chi connectivity index (χ0) is 19.9. The molecule has 1 fully saturated rings. The fourth-order valence-electron chi connectivity index (χ4n) is 2.56. The summed E-state index contributed by atoms with van der Waals surface area (Å²) in [5.74, 6) is -1.31. The number of nitrogens with zero attached hydrogens (tertiary/aromatic N) is 3. The highest BCUT2D eigenvalue weighted by molar-refractivity contribution is 9.10. The van der Waals surface area contributed by atoms with Crippen LogP contribution in [-0.2, 0) is 17.5 Å². The highest BCUT2D eigenvalue weighted by atomic mass is 79.9. The molecule has 2 N–H and O–H groups in total. The van der Waals surface area contributed by atoms with Gasteiger partial charge >= 0.3 is 6.18 Å². The second-order valence-corrected chi connectivity index (χ2v) is 6.78. The van der Waals surface area contributed by atoms with Gasteiger partial charge in [-0.25, -0.2) is 0 Å². The standard InChI is InChI=1S/C15H12BrF3N4O4/c16-12-13(7-1-2-7)22(21-14(12)15(17,18)19)6-11(25)20-9-5-8(23(26)27)3-4-10(9)24/h3-5,7,24H,1-2,6H2,(H,20,25). The Labute approximate surface area is 158 Å². The average molecular weight is 449 g/mol. The zero-order valence-corrected chi connectivity index (χ0v) is 15.0. The van der Waals surface area contributed by atoms with E-state index >= 15 is 0 Å². The first kappa shape index (κ1) is 19.1. The summed E-state index contributed by atoms with van der Waals surface area (Å²) in [6, 6.07) is 3.04. The van der Waals surface area contributed by atoms with Crippen molar-refractivity contribution in [2.75, 3.05) is 5.32 Å². The van der Waals surface area contributed by atoms with Gasteiger partial charge in [-0.2, -0.15) is 18.3 Å². The van der Waals surface area contributed by atoms with Gasteiger partial charge in [0.2, 0.25) is 5.91 Å². The number of anilines is 1. The van der Waals surface area contributed by atoms with Crippen molar-refractivity contribution < 1.29 is 28.0 Å². The maximum Gasteiger partial charge on any atom is 0.436 e. The van der Waals surface area contributed by atoms with E-state index in [0.29, 0.717) is 12.8 Å². The molecule has 8 nitrogen and oxygen atoms in total. The number of hydrogen-bond donors (Lipinski definition) is 2.